The predicted molar refractivity (Wildman–Crippen MR) is 127 cm³/mol. The van der Waals surface area contributed by atoms with Gasteiger partial charge >= 0.3 is 0 Å². The summed E-state index contributed by atoms with van der Waals surface area (Å²) in [6, 6.07) is 19.7. The molecule has 1 amide bonds. The van der Waals surface area contributed by atoms with Crippen LogP contribution < -0.4 is 5.43 Å². The highest BCUT2D eigenvalue weighted by Gasteiger charge is 2.13. The predicted octanol–water partition coefficient (Wildman–Crippen LogP) is 4.39. The number of halogens is 1. The Balaban J connectivity index is 1.44. The molecule has 0 radical (unpaired) electrons. The molecule has 0 bridgehead atoms. The SMILES string of the molecule is O=C(CSc1nc2ccccc2n1Cc1ccc(Cl)cc1)N/N=C\c1ccc(O)c(O)c1. The van der Waals surface area contributed by atoms with Crippen molar-refractivity contribution in [3.8, 4) is 11.5 Å². The lowest BCUT2D eigenvalue weighted by atomic mass is 10.2. The summed E-state index contributed by atoms with van der Waals surface area (Å²) in [5.74, 6) is -0.638. The third-order valence-corrected chi connectivity index (χ3v) is 5.84. The van der Waals surface area contributed by atoms with Crippen molar-refractivity contribution in [1.29, 1.82) is 0 Å². The topological polar surface area (TPSA) is 99.7 Å². The fraction of sp³-hybridized carbons (Fsp3) is 0.0870. The standard InChI is InChI=1S/C23H19ClN4O3S/c24-17-8-5-15(6-9-17)13-28-19-4-2-1-3-18(19)26-23(28)32-14-22(31)27-25-12-16-7-10-20(29)21(30)11-16/h1-12,29-30H,13-14H2,(H,27,31)/b25-12-. The van der Waals surface area contributed by atoms with E-state index in [-0.39, 0.29) is 23.2 Å². The molecule has 1 heterocycles. The number of thioether (sulfide) groups is 1. The van der Waals surface area contributed by atoms with Gasteiger partial charge in [0, 0.05) is 5.02 Å². The zero-order chi connectivity index (χ0) is 22.5. The lowest BCUT2D eigenvalue weighted by molar-refractivity contribution is -0.118. The van der Waals surface area contributed by atoms with Crippen LogP contribution in [0.4, 0.5) is 0 Å². The molecule has 32 heavy (non-hydrogen) atoms. The van der Waals surface area contributed by atoms with Crippen LogP contribution in [0, 0.1) is 0 Å². The van der Waals surface area contributed by atoms with E-state index in [4.69, 9.17) is 11.6 Å². The van der Waals surface area contributed by atoms with E-state index in [1.54, 1.807) is 6.07 Å². The maximum Gasteiger partial charge on any atom is 0.250 e. The van der Waals surface area contributed by atoms with E-state index in [0.29, 0.717) is 17.1 Å². The minimum atomic E-state index is -0.292. The van der Waals surface area contributed by atoms with Gasteiger partial charge in [0.25, 0.3) is 5.91 Å². The number of aromatic nitrogens is 2. The first kappa shape index (κ1) is 21.7. The number of carbonyl (C=O) groups is 1. The Hall–Kier alpha value is -3.49. The number of nitrogens with one attached hydrogen (secondary N) is 1. The summed E-state index contributed by atoms with van der Waals surface area (Å²) < 4.78 is 2.07. The van der Waals surface area contributed by atoms with Crippen LogP contribution in [0.2, 0.25) is 5.02 Å². The normalized spacial score (nSPS) is 11.3. The van der Waals surface area contributed by atoms with Gasteiger partial charge in [-0.2, -0.15) is 5.10 Å². The summed E-state index contributed by atoms with van der Waals surface area (Å²) in [4.78, 5) is 16.9. The molecule has 1 aromatic heterocycles. The quantitative estimate of drug-likeness (QED) is 0.162. The monoisotopic (exact) mass is 466 g/mol. The maximum absolute atomic E-state index is 12.3. The number of phenolic OH excluding ortho intramolecular Hbond substituents is 2. The van der Waals surface area contributed by atoms with Crippen LogP contribution in [-0.2, 0) is 11.3 Å². The number of carbonyl (C=O) groups excluding carboxylic acids is 1. The number of hydrazone groups is 1. The number of nitrogens with zero attached hydrogens (tertiary/aromatic N) is 3. The second-order valence-electron chi connectivity index (χ2n) is 6.93. The first-order chi connectivity index (χ1) is 15.5. The number of para-hydroxylation sites is 2. The van der Waals surface area contributed by atoms with Crippen LogP contribution in [-0.4, -0.2) is 37.6 Å². The average Bonchev–Trinajstić information content (AvgIpc) is 3.14. The molecule has 0 saturated carbocycles. The van der Waals surface area contributed by atoms with Crippen molar-refractivity contribution in [2.24, 2.45) is 5.10 Å². The van der Waals surface area contributed by atoms with Crippen molar-refractivity contribution in [1.82, 2.24) is 15.0 Å². The summed E-state index contributed by atoms with van der Waals surface area (Å²) in [5.41, 5.74) is 5.91. The minimum Gasteiger partial charge on any atom is -0.504 e. The third kappa shape index (κ3) is 5.22. The van der Waals surface area contributed by atoms with Gasteiger partial charge in [-0.15, -0.1) is 0 Å². The lowest BCUT2D eigenvalue weighted by Crippen LogP contribution is -2.20. The van der Waals surface area contributed by atoms with Gasteiger partial charge in [0.05, 0.1) is 29.5 Å². The Kier molecular flexibility index (Phi) is 6.63. The van der Waals surface area contributed by atoms with Crippen molar-refractivity contribution in [3.05, 3.63) is 82.9 Å². The van der Waals surface area contributed by atoms with Crippen molar-refractivity contribution < 1.29 is 15.0 Å². The van der Waals surface area contributed by atoms with Crippen LogP contribution in [0.15, 0.2) is 77.0 Å². The lowest BCUT2D eigenvalue weighted by Gasteiger charge is -2.09. The minimum absolute atomic E-state index is 0.127. The molecule has 162 valence electrons. The highest BCUT2D eigenvalue weighted by Crippen LogP contribution is 2.26. The molecule has 4 rings (SSSR count). The molecule has 7 nitrogen and oxygen atoms in total. The Morgan fingerprint density at radius 3 is 2.66 bits per heavy atom. The molecular formula is C23H19ClN4O3S. The van der Waals surface area contributed by atoms with Crippen molar-refractivity contribution in [2.75, 3.05) is 5.75 Å². The van der Waals surface area contributed by atoms with Crippen molar-refractivity contribution in [3.63, 3.8) is 0 Å². The fourth-order valence-corrected chi connectivity index (χ4v) is 3.98. The Morgan fingerprint density at radius 1 is 1.09 bits per heavy atom. The molecule has 0 saturated heterocycles. The van der Waals surface area contributed by atoms with E-state index in [9.17, 15) is 15.0 Å². The van der Waals surface area contributed by atoms with E-state index < -0.39 is 0 Å². The zero-order valence-corrected chi connectivity index (χ0v) is 18.3. The first-order valence-electron chi connectivity index (χ1n) is 9.66. The fourth-order valence-electron chi connectivity index (χ4n) is 3.05. The molecule has 3 aromatic carbocycles. The number of imidazole rings is 1. The van der Waals surface area contributed by atoms with Gasteiger partial charge in [-0.05, 0) is 53.6 Å². The molecule has 0 aliphatic carbocycles. The van der Waals surface area contributed by atoms with E-state index in [2.05, 4.69) is 20.1 Å². The van der Waals surface area contributed by atoms with E-state index in [1.807, 2.05) is 48.5 Å². The smallest absolute Gasteiger partial charge is 0.250 e. The van der Waals surface area contributed by atoms with Gasteiger partial charge < -0.3 is 14.8 Å². The highest BCUT2D eigenvalue weighted by molar-refractivity contribution is 7.99. The van der Waals surface area contributed by atoms with Crippen LogP contribution in [0.3, 0.4) is 0 Å². The Bertz CT molecular complexity index is 1290. The highest BCUT2D eigenvalue weighted by atomic mass is 35.5. The van der Waals surface area contributed by atoms with Gasteiger partial charge in [-0.3, -0.25) is 4.79 Å². The number of benzene rings is 3. The van der Waals surface area contributed by atoms with Crippen molar-refractivity contribution in [2.45, 2.75) is 11.7 Å². The number of fused-ring (bicyclic) bond motifs is 1. The van der Waals surface area contributed by atoms with E-state index in [0.717, 1.165) is 21.8 Å². The van der Waals surface area contributed by atoms with Crippen LogP contribution in [0.5, 0.6) is 11.5 Å². The van der Waals surface area contributed by atoms with Gasteiger partial charge in [0.1, 0.15) is 0 Å². The summed E-state index contributed by atoms with van der Waals surface area (Å²) in [7, 11) is 0. The Morgan fingerprint density at radius 2 is 1.88 bits per heavy atom. The number of amides is 1. The summed E-state index contributed by atoms with van der Waals surface area (Å²) in [6.07, 6.45) is 1.39. The second kappa shape index (κ2) is 9.76. The summed E-state index contributed by atoms with van der Waals surface area (Å²) in [5, 5.41) is 24.1. The number of phenols is 2. The Labute approximate surface area is 193 Å². The van der Waals surface area contributed by atoms with Gasteiger partial charge in [-0.1, -0.05) is 47.6 Å². The third-order valence-electron chi connectivity index (χ3n) is 4.61. The molecule has 9 heteroatoms. The van der Waals surface area contributed by atoms with E-state index in [1.165, 1.54) is 30.1 Å². The van der Waals surface area contributed by atoms with Crippen LogP contribution in [0.25, 0.3) is 11.0 Å². The number of aromatic hydroxyl groups is 2. The molecular weight excluding hydrogens is 448 g/mol. The van der Waals surface area contributed by atoms with Gasteiger partial charge in [0.2, 0.25) is 0 Å². The van der Waals surface area contributed by atoms with Gasteiger partial charge in [0.15, 0.2) is 16.7 Å². The molecule has 0 aliphatic heterocycles. The van der Waals surface area contributed by atoms with Crippen LogP contribution in [0.1, 0.15) is 11.1 Å². The first-order valence-corrected chi connectivity index (χ1v) is 11.0. The molecule has 4 aromatic rings. The molecule has 3 N–H and O–H groups in total. The summed E-state index contributed by atoms with van der Waals surface area (Å²) >= 11 is 7.32. The largest absolute Gasteiger partial charge is 0.504 e. The maximum atomic E-state index is 12.3. The number of hydrogen-bond acceptors (Lipinski definition) is 6. The summed E-state index contributed by atoms with van der Waals surface area (Å²) in [6.45, 7) is 0.601. The van der Waals surface area contributed by atoms with Crippen LogP contribution >= 0.6 is 23.4 Å². The molecule has 0 atom stereocenters. The second-order valence-corrected chi connectivity index (χ2v) is 8.30. The average molecular weight is 467 g/mol. The molecule has 0 aliphatic rings. The number of rotatable bonds is 7. The van der Waals surface area contributed by atoms with E-state index >= 15 is 0 Å². The molecule has 0 fully saturated rings. The van der Waals surface area contributed by atoms with Crippen molar-refractivity contribution >= 4 is 46.5 Å². The molecule has 0 spiro atoms. The van der Waals surface area contributed by atoms with Gasteiger partial charge in [-0.25, -0.2) is 10.4 Å². The molecule has 0 unspecified atom stereocenters. The zero-order valence-electron chi connectivity index (χ0n) is 16.8. The number of hydrogen-bond donors (Lipinski definition) is 3.